The summed E-state index contributed by atoms with van der Waals surface area (Å²) in [5.74, 6) is 7.39. The van der Waals surface area contributed by atoms with Crippen LogP contribution in [0.3, 0.4) is 0 Å². The maximum atomic E-state index is 12.7. The van der Waals surface area contributed by atoms with Crippen molar-refractivity contribution in [3.8, 4) is 11.5 Å². The molecule has 206 valence electrons. The van der Waals surface area contributed by atoms with Crippen molar-refractivity contribution in [3.63, 3.8) is 0 Å². The van der Waals surface area contributed by atoms with Gasteiger partial charge in [0, 0.05) is 49.5 Å². The fraction of sp³-hybridized carbons (Fsp3) is 0.542. The highest BCUT2D eigenvalue weighted by atomic mass is 31.1. The van der Waals surface area contributed by atoms with Gasteiger partial charge in [-0.3, -0.25) is 4.98 Å². The topological polar surface area (TPSA) is 162 Å². The van der Waals surface area contributed by atoms with E-state index in [0.717, 1.165) is 5.12 Å². The summed E-state index contributed by atoms with van der Waals surface area (Å²) in [5, 5.41) is 12.8. The smallest absolute Gasteiger partial charge is 0.410 e. The van der Waals surface area contributed by atoms with Gasteiger partial charge in [-0.1, -0.05) is 0 Å². The number of hydrogen-bond acceptors (Lipinski definition) is 12. The number of piperidine rings is 1. The molecule has 5 rings (SSSR count). The third-order valence-electron chi connectivity index (χ3n) is 6.22. The van der Waals surface area contributed by atoms with Crippen molar-refractivity contribution in [2.45, 2.75) is 58.3 Å². The normalized spacial score (nSPS) is 19.7. The third-order valence-corrected chi connectivity index (χ3v) is 7.23. The SMILES string of the molecule is COc1c(OC2CCN(C(=O)OC(C)C)CC2)ccnc1N(N)N1/N=[P+](\[O-])CCC(O)c2ccc1c(C)n2. The first kappa shape index (κ1) is 27.8. The first-order valence-corrected chi connectivity index (χ1v) is 13.9. The van der Waals surface area contributed by atoms with E-state index < -0.39 is 14.0 Å². The molecule has 3 aliphatic rings. The number of nitrogens with two attached hydrogens (primary N) is 1. The minimum absolute atomic E-state index is 0.160. The highest BCUT2D eigenvalue weighted by Gasteiger charge is 2.30. The summed E-state index contributed by atoms with van der Waals surface area (Å²) in [6.45, 7) is 6.41. The summed E-state index contributed by atoms with van der Waals surface area (Å²) >= 11 is 0. The van der Waals surface area contributed by atoms with Gasteiger partial charge in [0.2, 0.25) is 11.6 Å². The number of aliphatic hydroxyl groups excluding tert-OH is 1. The molecule has 1 saturated heterocycles. The molecular formula is C24H34N7O6P. The molecule has 0 aliphatic carbocycles. The summed E-state index contributed by atoms with van der Waals surface area (Å²) in [6, 6.07) is 5.08. The van der Waals surface area contributed by atoms with Crippen LogP contribution >= 0.6 is 7.94 Å². The van der Waals surface area contributed by atoms with E-state index in [2.05, 4.69) is 14.8 Å². The molecule has 13 nitrogen and oxygen atoms in total. The molecule has 14 heteroatoms. The number of hydrazine groups is 2. The molecule has 2 unspecified atom stereocenters. The highest BCUT2D eigenvalue weighted by Crippen LogP contribution is 2.39. The second-order valence-corrected chi connectivity index (χ2v) is 10.7. The minimum Gasteiger partial charge on any atom is -0.610 e. The molecule has 0 saturated carbocycles. The average Bonchev–Trinajstić information content (AvgIpc) is 2.89. The third kappa shape index (κ3) is 6.24. The molecule has 1 amide bonds. The van der Waals surface area contributed by atoms with Gasteiger partial charge in [-0.25, -0.2) is 15.6 Å². The maximum absolute atomic E-state index is 12.7. The van der Waals surface area contributed by atoms with Crippen LogP contribution in [0.1, 0.15) is 50.6 Å². The van der Waals surface area contributed by atoms with Crippen LogP contribution in [0.25, 0.3) is 0 Å². The van der Waals surface area contributed by atoms with E-state index >= 15 is 0 Å². The van der Waals surface area contributed by atoms with Crippen molar-refractivity contribution >= 4 is 25.5 Å². The van der Waals surface area contributed by atoms with Crippen LogP contribution in [-0.2, 0) is 4.74 Å². The Balaban J connectivity index is 1.56. The fourth-order valence-electron chi connectivity index (χ4n) is 4.27. The molecule has 2 aromatic heterocycles. The van der Waals surface area contributed by atoms with E-state index in [-0.39, 0.29) is 42.5 Å². The Bertz CT molecular complexity index is 1170. The second-order valence-electron chi connectivity index (χ2n) is 9.35. The molecule has 0 aromatic carbocycles. The fourth-order valence-corrected chi connectivity index (χ4v) is 5.19. The molecule has 0 spiro atoms. The minimum atomic E-state index is -2.08. The van der Waals surface area contributed by atoms with Gasteiger partial charge in [0.15, 0.2) is 13.7 Å². The number of anilines is 2. The lowest BCUT2D eigenvalue weighted by Gasteiger charge is -2.33. The molecule has 0 radical (unpaired) electrons. The zero-order valence-corrected chi connectivity index (χ0v) is 22.9. The first-order valence-electron chi connectivity index (χ1n) is 12.5. The number of pyridine rings is 2. The first-order chi connectivity index (χ1) is 18.2. The summed E-state index contributed by atoms with van der Waals surface area (Å²) < 4.78 is 17.2. The van der Waals surface area contributed by atoms with Gasteiger partial charge in [-0.2, -0.15) is 5.12 Å². The van der Waals surface area contributed by atoms with Crippen molar-refractivity contribution in [2.75, 3.05) is 36.6 Å². The number of rotatable bonds is 6. The largest absolute Gasteiger partial charge is 0.610 e. The molecule has 2 atom stereocenters. The van der Waals surface area contributed by atoms with Gasteiger partial charge in [0.25, 0.3) is 0 Å². The van der Waals surface area contributed by atoms with E-state index in [0.29, 0.717) is 48.8 Å². The number of methoxy groups -OCH3 is 1. The predicted molar refractivity (Wildman–Crippen MR) is 140 cm³/mol. The monoisotopic (exact) mass is 547 g/mol. The van der Waals surface area contributed by atoms with Gasteiger partial charge < -0.3 is 29.1 Å². The standard InChI is InChI=1S/C24H34N7O6P/c1-15(2)36-24(33)29-12-8-17(9-13-29)37-21-7-11-26-23(22(21)35-4)30(25)31-19-6-5-18(27-16(19)3)20(32)10-14-38(34)28-31/h5-7,11,15,17,20,32H,8-10,12-14,25H2,1-4H3. The Kier molecular flexibility index (Phi) is 8.83. The van der Waals surface area contributed by atoms with Crippen molar-refractivity contribution in [2.24, 2.45) is 10.7 Å². The number of carbonyl (C=O) groups is 1. The quantitative estimate of drug-likeness (QED) is 0.310. The number of amides is 1. The van der Waals surface area contributed by atoms with Crippen LogP contribution in [0.15, 0.2) is 29.2 Å². The van der Waals surface area contributed by atoms with E-state index in [1.807, 2.05) is 13.8 Å². The van der Waals surface area contributed by atoms with E-state index in [4.69, 9.17) is 20.1 Å². The number of ether oxygens (including phenoxy) is 3. The number of carbonyl (C=O) groups excluding carboxylic acids is 1. The second kappa shape index (κ2) is 12.1. The number of aromatic nitrogens is 2. The van der Waals surface area contributed by atoms with Gasteiger partial charge in [0.1, 0.15) is 18.0 Å². The zero-order valence-electron chi connectivity index (χ0n) is 22.0. The van der Waals surface area contributed by atoms with Crippen molar-refractivity contribution in [1.82, 2.24) is 14.9 Å². The molecule has 2 aromatic rings. The number of aryl methyl sites for hydroxylation is 1. The molecule has 3 aliphatic heterocycles. The summed E-state index contributed by atoms with van der Waals surface area (Å²) in [5.41, 5.74) is 1.51. The van der Waals surface area contributed by atoms with Gasteiger partial charge in [0.05, 0.1) is 30.7 Å². The zero-order chi connectivity index (χ0) is 27.4. The number of nitrogens with zero attached hydrogens (tertiary/aromatic N) is 6. The number of aliphatic hydroxyl groups is 1. The van der Waals surface area contributed by atoms with Gasteiger partial charge in [-0.15, -0.1) is 5.12 Å². The molecule has 3 N–H and O–H groups in total. The van der Waals surface area contributed by atoms with Crippen molar-refractivity contribution < 1.29 is 29.0 Å². The van der Waals surface area contributed by atoms with Crippen molar-refractivity contribution in [3.05, 3.63) is 35.8 Å². The van der Waals surface area contributed by atoms with E-state index in [1.54, 1.807) is 30.0 Å². The average molecular weight is 548 g/mol. The van der Waals surface area contributed by atoms with E-state index in [1.165, 1.54) is 18.4 Å². The van der Waals surface area contributed by atoms with Crippen LogP contribution in [0.2, 0.25) is 0 Å². The Morgan fingerprint density at radius 1 is 1.26 bits per heavy atom. The number of likely N-dealkylation sites (tertiary alicyclic amines) is 1. The summed E-state index contributed by atoms with van der Waals surface area (Å²) in [6.07, 6.45) is 1.71. The maximum Gasteiger partial charge on any atom is 0.410 e. The van der Waals surface area contributed by atoms with Crippen LogP contribution < -0.4 is 30.4 Å². The highest BCUT2D eigenvalue weighted by molar-refractivity contribution is 7.39. The Morgan fingerprint density at radius 2 is 2.00 bits per heavy atom. The van der Waals surface area contributed by atoms with Crippen LogP contribution in [-0.4, -0.2) is 64.6 Å². The van der Waals surface area contributed by atoms with Crippen molar-refractivity contribution in [1.29, 1.82) is 0 Å². The lowest BCUT2D eigenvalue weighted by atomic mass is 10.1. The predicted octanol–water partition coefficient (Wildman–Crippen LogP) is 2.58. The van der Waals surface area contributed by atoms with E-state index in [9.17, 15) is 14.8 Å². The Labute approximate surface area is 222 Å². The van der Waals surface area contributed by atoms with Crippen LogP contribution in [0, 0.1) is 6.92 Å². The lowest BCUT2D eigenvalue weighted by Crippen LogP contribution is -2.46. The Morgan fingerprint density at radius 3 is 2.66 bits per heavy atom. The molecule has 1 fully saturated rings. The molecule has 2 bridgehead atoms. The summed E-state index contributed by atoms with van der Waals surface area (Å²) in [7, 11) is -0.600. The molecular weight excluding hydrogens is 513 g/mol. The van der Waals surface area contributed by atoms with Gasteiger partial charge in [-0.05, 0) is 32.9 Å². The summed E-state index contributed by atoms with van der Waals surface area (Å²) in [4.78, 5) is 39.8. The molecule has 38 heavy (non-hydrogen) atoms. The van der Waals surface area contributed by atoms with Crippen LogP contribution in [0.5, 0.6) is 11.5 Å². The van der Waals surface area contributed by atoms with Gasteiger partial charge >= 0.3 is 6.09 Å². The van der Waals surface area contributed by atoms with Crippen LogP contribution in [0.4, 0.5) is 16.3 Å². The Hall–Kier alpha value is -3.25. The molecule has 5 heterocycles. The number of fused-ring (bicyclic) bond motifs is 6. The lowest BCUT2D eigenvalue weighted by molar-refractivity contribution is -0.156. The number of hydrogen-bond donors (Lipinski definition) is 2.